The first-order chi connectivity index (χ1) is 27.5. The highest BCUT2D eigenvalue weighted by Gasteiger charge is 2.19. The van der Waals surface area contributed by atoms with Gasteiger partial charge in [-0.15, -0.1) is 0 Å². The van der Waals surface area contributed by atoms with Crippen LogP contribution < -0.4 is 0 Å². The number of ether oxygens (including phenoxy) is 3. The van der Waals surface area contributed by atoms with Crippen LogP contribution in [0.15, 0.2) is 72.9 Å². The maximum atomic E-state index is 12.7. The Morgan fingerprint density at radius 2 is 0.714 bits per heavy atom. The van der Waals surface area contributed by atoms with Gasteiger partial charge >= 0.3 is 17.9 Å². The number of hydrogen-bond donors (Lipinski definition) is 0. The van der Waals surface area contributed by atoms with Crippen LogP contribution in [0.2, 0.25) is 0 Å². The van der Waals surface area contributed by atoms with Gasteiger partial charge in [0.25, 0.3) is 0 Å². The maximum Gasteiger partial charge on any atom is 0.306 e. The van der Waals surface area contributed by atoms with Gasteiger partial charge in [0.1, 0.15) is 13.2 Å². The number of rotatable bonds is 40. The van der Waals surface area contributed by atoms with Crippen LogP contribution in [-0.4, -0.2) is 37.2 Å². The molecule has 0 saturated heterocycles. The molecule has 320 valence electrons. The molecule has 0 fully saturated rings. The fourth-order valence-electron chi connectivity index (χ4n) is 5.94. The van der Waals surface area contributed by atoms with E-state index in [9.17, 15) is 14.4 Å². The molecule has 0 amide bonds. The minimum atomic E-state index is -0.797. The normalized spacial score (nSPS) is 12.7. The van der Waals surface area contributed by atoms with Crippen LogP contribution in [0.3, 0.4) is 0 Å². The summed E-state index contributed by atoms with van der Waals surface area (Å²) < 4.78 is 16.7. The second-order valence-corrected chi connectivity index (χ2v) is 14.9. The summed E-state index contributed by atoms with van der Waals surface area (Å²) in [5, 5.41) is 0. The summed E-state index contributed by atoms with van der Waals surface area (Å²) in [5.74, 6) is -0.965. The molecule has 1 atom stereocenters. The molecule has 0 aromatic carbocycles. The van der Waals surface area contributed by atoms with Crippen LogP contribution in [0.25, 0.3) is 0 Å². The molecule has 0 radical (unpaired) electrons. The lowest BCUT2D eigenvalue weighted by Crippen LogP contribution is -2.30. The van der Waals surface area contributed by atoms with Crippen molar-refractivity contribution < 1.29 is 28.6 Å². The minimum Gasteiger partial charge on any atom is -0.462 e. The van der Waals surface area contributed by atoms with Crippen LogP contribution in [0, 0.1) is 0 Å². The van der Waals surface area contributed by atoms with E-state index in [1.54, 1.807) is 0 Å². The average Bonchev–Trinajstić information content (AvgIpc) is 3.19. The molecule has 0 rings (SSSR count). The number of carbonyl (C=O) groups excluding carboxylic acids is 3. The van der Waals surface area contributed by atoms with Gasteiger partial charge in [-0.3, -0.25) is 14.4 Å². The number of esters is 3. The van der Waals surface area contributed by atoms with Crippen molar-refractivity contribution in [1.29, 1.82) is 0 Å². The summed E-state index contributed by atoms with van der Waals surface area (Å²) >= 11 is 0. The molecule has 0 bridgehead atoms. The van der Waals surface area contributed by atoms with Crippen molar-refractivity contribution in [1.82, 2.24) is 0 Å². The average molecular weight is 781 g/mol. The van der Waals surface area contributed by atoms with Crippen molar-refractivity contribution in [3.05, 3.63) is 72.9 Å². The molecule has 6 nitrogen and oxygen atoms in total. The minimum absolute atomic E-state index is 0.0972. The van der Waals surface area contributed by atoms with E-state index in [4.69, 9.17) is 14.2 Å². The highest BCUT2D eigenvalue weighted by molar-refractivity contribution is 5.71. The van der Waals surface area contributed by atoms with Crippen LogP contribution >= 0.6 is 0 Å². The van der Waals surface area contributed by atoms with Crippen molar-refractivity contribution in [3.63, 3.8) is 0 Å². The quantitative estimate of drug-likeness (QED) is 0.0267. The van der Waals surface area contributed by atoms with E-state index in [1.165, 1.54) is 57.8 Å². The monoisotopic (exact) mass is 781 g/mol. The Bertz CT molecular complexity index is 1080. The fraction of sp³-hybridized carbons (Fsp3) is 0.700. The second kappa shape index (κ2) is 44.6. The van der Waals surface area contributed by atoms with Crippen molar-refractivity contribution in [2.45, 2.75) is 213 Å². The predicted octanol–water partition coefficient (Wildman–Crippen LogP) is 14.7. The van der Waals surface area contributed by atoms with Crippen molar-refractivity contribution in [3.8, 4) is 0 Å². The Labute approximate surface area is 344 Å². The smallest absolute Gasteiger partial charge is 0.306 e. The first-order valence-corrected chi connectivity index (χ1v) is 22.9. The Hall–Kier alpha value is -3.15. The standard InChI is InChI=1S/C50H84O6/c1-4-7-10-13-16-19-22-24-25-26-29-31-34-37-40-43-49(52)55-46-47(45-54-48(51)42-39-36-33-30-27-21-18-15-12-9-6-3)56-50(53)44-41-38-35-32-28-23-20-17-14-11-8-5-2/h7,10,15-20,24-25,29,31,47H,4-6,8-9,11-14,21-23,26-28,30,32-46H2,1-3H3/b10-7-,18-15-,19-16-,20-17-,25-24-,31-29-. The van der Waals surface area contributed by atoms with Gasteiger partial charge in [-0.05, 0) is 103 Å². The molecule has 0 heterocycles. The topological polar surface area (TPSA) is 78.9 Å². The molecule has 0 aromatic rings. The lowest BCUT2D eigenvalue weighted by atomic mass is 10.1. The molecular weight excluding hydrogens is 697 g/mol. The molecule has 0 spiro atoms. The largest absolute Gasteiger partial charge is 0.462 e. The summed E-state index contributed by atoms with van der Waals surface area (Å²) in [6, 6.07) is 0. The molecule has 6 heteroatoms. The summed E-state index contributed by atoms with van der Waals surface area (Å²) in [5.41, 5.74) is 0. The zero-order chi connectivity index (χ0) is 40.8. The van der Waals surface area contributed by atoms with Gasteiger partial charge in [-0.1, -0.05) is 158 Å². The third-order valence-electron chi connectivity index (χ3n) is 9.41. The van der Waals surface area contributed by atoms with Gasteiger partial charge in [0.05, 0.1) is 0 Å². The molecule has 56 heavy (non-hydrogen) atoms. The Balaban J connectivity index is 4.48. The van der Waals surface area contributed by atoms with Gasteiger partial charge in [-0.2, -0.15) is 0 Å². The van der Waals surface area contributed by atoms with Crippen LogP contribution in [0.4, 0.5) is 0 Å². The van der Waals surface area contributed by atoms with E-state index >= 15 is 0 Å². The van der Waals surface area contributed by atoms with E-state index in [-0.39, 0.29) is 31.1 Å². The van der Waals surface area contributed by atoms with Gasteiger partial charge < -0.3 is 14.2 Å². The highest BCUT2D eigenvalue weighted by Crippen LogP contribution is 2.12. The molecule has 0 aliphatic rings. The molecule has 0 saturated carbocycles. The number of allylic oxidation sites excluding steroid dienone is 12. The van der Waals surface area contributed by atoms with Crippen LogP contribution in [0.1, 0.15) is 207 Å². The van der Waals surface area contributed by atoms with Crippen molar-refractivity contribution >= 4 is 17.9 Å². The van der Waals surface area contributed by atoms with E-state index in [0.717, 1.165) is 109 Å². The van der Waals surface area contributed by atoms with Gasteiger partial charge in [-0.25, -0.2) is 0 Å². The first kappa shape index (κ1) is 52.9. The third kappa shape index (κ3) is 42.0. The summed E-state index contributed by atoms with van der Waals surface area (Å²) in [4.78, 5) is 37.7. The highest BCUT2D eigenvalue weighted by atomic mass is 16.6. The molecular formula is C50H84O6. The Morgan fingerprint density at radius 3 is 1.20 bits per heavy atom. The van der Waals surface area contributed by atoms with Gasteiger partial charge in [0.2, 0.25) is 0 Å². The lowest BCUT2D eigenvalue weighted by molar-refractivity contribution is -0.167. The van der Waals surface area contributed by atoms with Gasteiger partial charge in [0.15, 0.2) is 6.10 Å². The molecule has 0 aromatic heterocycles. The number of unbranched alkanes of at least 4 members (excludes halogenated alkanes) is 17. The second-order valence-electron chi connectivity index (χ2n) is 14.9. The summed E-state index contributed by atoms with van der Waals surface area (Å²) in [7, 11) is 0. The van der Waals surface area contributed by atoms with Crippen molar-refractivity contribution in [2.75, 3.05) is 13.2 Å². The van der Waals surface area contributed by atoms with Crippen LogP contribution in [0.5, 0.6) is 0 Å². The third-order valence-corrected chi connectivity index (χ3v) is 9.41. The zero-order valence-corrected chi connectivity index (χ0v) is 36.4. The summed E-state index contributed by atoms with van der Waals surface area (Å²) in [6.07, 6.45) is 54.5. The number of hydrogen-bond acceptors (Lipinski definition) is 6. The van der Waals surface area contributed by atoms with E-state index < -0.39 is 6.10 Å². The van der Waals surface area contributed by atoms with E-state index in [0.29, 0.717) is 19.3 Å². The Morgan fingerprint density at radius 1 is 0.375 bits per heavy atom. The van der Waals surface area contributed by atoms with Gasteiger partial charge in [0, 0.05) is 19.3 Å². The van der Waals surface area contributed by atoms with Crippen LogP contribution in [-0.2, 0) is 28.6 Å². The maximum absolute atomic E-state index is 12.7. The predicted molar refractivity (Wildman–Crippen MR) is 238 cm³/mol. The first-order valence-electron chi connectivity index (χ1n) is 22.9. The van der Waals surface area contributed by atoms with Crippen molar-refractivity contribution in [2.24, 2.45) is 0 Å². The van der Waals surface area contributed by atoms with E-state index in [1.807, 2.05) is 0 Å². The lowest BCUT2D eigenvalue weighted by Gasteiger charge is -2.18. The fourth-order valence-corrected chi connectivity index (χ4v) is 5.94. The number of carbonyl (C=O) groups is 3. The molecule has 1 unspecified atom stereocenters. The molecule has 0 aliphatic heterocycles. The SMILES string of the molecule is CC/C=C\C/C=C\C/C=C\C/C=C\CCCCC(=O)OCC(COC(=O)CCCCCCC/C=C\CCCC)OC(=O)CCCCCCC/C=C\CCCCC. The molecule has 0 aliphatic carbocycles. The molecule has 0 N–H and O–H groups in total. The van der Waals surface area contributed by atoms with E-state index in [2.05, 4.69) is 93.7 Å². The Kier molecular flexibility index (Phi) is 42.1. The zero-order valence-electron chi connectivity index (χ0n) is 36.4. The summed E-state index contributed by atoms with van der Waals surface area (Å²) in [6.45, 7) is 6.39.